The number of sulfonamides is 1. The highest BCUT2D eigenvalue weighted by Crippen LogP contribution is 2.23. The first-order valence-electron chi connectivity index (χ1n) is 9.34. The summed E-state index contributed by atoms with van der Waals surface area (Å²) >= 11 is 0. The number of aryl methyl sites for hydroxylation is 1. The monoisotopic (exact) mass is 416 g/mol. The van der Waals surface area contributed by atoms with Gasteiger partial charge in [-0.2, -0.15) is 0 Å². The lowest BCUT2D eigenvalue weighted by Gasteiger charge is -2.17. The van der Waals surface area contributed by atoms with Crippen LogP contribution in [0, 0.1) is 12.8 Å². The van der Waals surface area contributed by atoms with Gasteiger partial charge in [-0.3, -0.25) is 9.71 Å². The van der Waals surface area contributed by atoms with Crippen LogP contribution in [-0.2, 0) is 19.6 Å². The van der Waals surface area contributed by atoms with E-state index < -0.39 is 22.0 Å². The van der Waals surface area contributed by atoms with Crippen LogP contribution in [0.25, 0.3) is 0 Å². The second-order valence-electron chi connectivity index (χ2n) is 7.05. The van der Waals surface area contributed by atoms with E-state index in [1.54, 1.807) is 18.2 Å². The van der Waals surface area contributed by atoms with E-state index in [1.165, 1.54) is 6.07 Å². The smallest absolute Gasteiger partial charge is 0.331 e. The molecule has 0 aliphatic carbocycles. The largest absolute Gasteiger partial charge is 0.490 e. The predicted molar refractivity (Wildman–Crippen MR) is 110 cm³/mol. The Labute approximate surface area is 170 Å². The summed E-state index contributed by atoms with van der Waals surface area (Å²) in [5.74, 6) is 0.197. The molecule has 0 radical (unpaired) electrons. The summed E-state index contributed by atoms with van der Waals surface area (Å²) in [6.07, 6.45) is 0. The number of carbonyl (C=O) groups excluding carboxylic acids is 1. The molecule has 1 aliphatic rings. The predicted octanol–water partition coefficient (Wildman–Crippen LogP) is 2.68. The molecule has 2 aromatic rings. The lowest BCUT2D eigenvalue weighted by molar-refractivity contribution is -0.146. The summed E-state index contributed by atoms with van der Waals surface area (Å²) in [7, 11) is -3.66. The normalized spacial score (nSPS) is 16.9. The molecule has 8 heteroatoms. The van der Waals surface area contributed by atoms with E-state index in [2.05, 4.69) is 9.71 Å². The van der Waals surface area contributed by atoms with Gasteiger partial charge in [-0.15, -0.1) is 0 Å². The molecule has 2 aromatic carbocycles. The average Bonchev–Trinajstić information content (AvgIpc) is 2.94. The van der Waals surface area contributed by atoms with Crippen molar-refractivity contribution in [2.75, 3.05) is 13.2 Å². The van der Waals surface area contributed by atoms with Crippen molar-refractivity contribution in [1.82, 2.24) is 4.72 Å². The van der Waals surface area contributed by atoms with Crippen LogP contribution in [0.1, 0.15) is 25.0 Å². The summed E-state index contributed by atoms with van der Waals surface area (Å²) in [5.41, 5.74) is 1.45. The number of amidine groups is 1. The van der Waals surface area contributed by atoms with Crippen molar-refractivity contribution in [1.29, 1.82) is 0 Å². The number of para-hydroxylation sites is 1. The van der Waals surface area contributed by atoms with Crippen LogP contribution in [0.5, 0.6) is 5.75 Å². The summed E-state index contributed by atoms with van der Waals surface area (Å²) in [5, 5.41) is 0. The van der Waals surface area contributed by atoms with Crippen LogP contribution in [0.4, 0.5) is 0 Å². The van der Waals surface area contributed by atoms with Crippen molar-refractivity contribution in [2.45, 2.75) is 31.7 Å². The summed E-state index contributed by atoms with van der Waals surface area (Å²) < 4.78 is 37.8. The molecule has 1 aliphatic heterocycles. The Balaban J connectivity index is 1.66. The molecular weight excluding hydrogens is 392 g/mol. The highest BCUT2D eigenvalue weighted by Gasteiger charge is 2.33. The van der Waals surface area contributed by atoms with Crippen LogP contribution in [0.3, 0.4) is 0 Å². The number of nitrogens with zero attached hydrogens (tertiary/aromatic N) is 1. The summed E-state index contributed by atoms with van der Waals surface area (Å²) in [6, 6.07) is 13.3. The Morgan fingerprint density at radius 1 is 1.07 bits per heavy atom. The minimum absolute atomic E-state index is 0.0730. The topological polar surface area (TPSA) is 94.1 Å². The second-order valence-corrected chi connectivity index (χ2v) is 8.70. The molecule has 0 amide bonds. The van der Waals surface area contributed by atoms with E-state index in [1.807, 2.05) is 45.0 Å². The van der Waals surface area contributed by atoms with Crippen molar-refractivity contribution in [2.24, 2.45) is 10.9 Å². The third kappa shape index (κ3) is 4.76. The standard InChI is InChI=1S/C21H24N2O5S/c1-14(2)19(21(24)28-13-12-27-17-10-6-4-8-15(17)3)22-20-16-9-5-7-11-18(16)29(25,26)23-20/h4-11,14,19H,12-13H2,1-3H3,(H,22,23)/t19-/m0/s1. The molecule has 0 spiro atoms. The molecule has 3 rings (SSSR count). The van der Waals surface area contributed by atoms with Crippen LogP contribution in [-0.4, -0.2) is 39.5 Å². The third-order valence-corrected chi connectivity index (χ3v) is 5.88. The number of esters is 1. The lowest BCUT2D eigenvalue weighted by Crippen LogP contribution is -2.32. The van der Waals surface area contributed by atoms with Crippen molar-refractivity contribution in [3.63, 3.8) is 0 Å². The molecular formula is C21H24N2O5S. The Hall–Kier alpha value is -2.87. The van der Waals surface area contributed by atoms with Crippen molar-refractivity contribution in [3.05, 3.63) is 59.7 Å². The number of ether oxygens (including phenoxy) is 2. The van der Waals surface area contributed by atoms with Gasteiger partial charge in [-0.25, -0.2) is 13.2 Å². The molecule has 0 unspecified atom stereocenters. The van der Waals surface area contributed by atoms with E-state index in [-0.39, 0.29) is 29.9 Å². The molecule has 0 fully saturated rings. The van der Waals surface area contributed by atoms with E-state index in [0.29, 0.717) is 5.56 Å². The minimum atomic E-state index is -3.66. The number of hydrogen-bond acceptors (Lipinski definition) is 6. The minimum Gasteiger partial charge on any atom is -0.490 e. The number of aliphatic imine (C=N–C) groups is 1. The number of nitrogens with one attached hydrogen (secondary N) is 1. The van der Waals surface area contributed by atoms with E-state index in [4.69, 9.17) is 9.47 Å². The fourth-order valence-corrected chi connectivity index (χ4v) is 4.18. The number of rotatable bonds is 7. The van der Waals surface area contributed by atoms with E-state index >= 15 is 0 Å². The zero-order chi connectivity index (χ0) is 21.0. The summed E-state index contributed by atoms with van der Waals surface area (Å²) in [4.78, 5) is 17.1. The molecule has 1 N–H and O–H groups in total. The van der Waals surface area contributed by atoms with Crippen LogP contribution >= 0.6 is 0 Å². The SMILES string of the molecule is Cc1ccccc1OCCOC(=O)[C@@H](N=C1NS(=O)(=O)c2ccccc21)C(C)C. The maximum Gasteiger partial charge on any atom is 0.331 e. The summed E-state index contributed by atoms with van der Waals surface area (Å²) in [6.45, 7) is 5.88. The number of fused-ring (bicyclic) bond motifs is 1. The third-order valence-electron chi connectivity index (χ3n) is 4.48. The number of benzene rings is 2. The van der Waals surface area contributed by atoms with Crippen molar-refractivity contribution >= 4 is 21.8 Å². The highest BCUT2D eigenvalue weighted by atomic mass is 32.2. The van der Waals surface area contributed by atoms with Gasteiger partial charge in [0.15, 0.2) is 6.04 Å². The lowest BCUT2D eigenvalue weighted by atomic mass is 10.1. The molecule has 1 atom stereocenters. The van der Waals surface area contributed by atoms with Gasteiger partial charge in [0.1, 0.15) is 24.8 Å². The van der Waals surface area contributed by atoms with Crippen molar-refractivity contribution < 1.29 is 22.7 Å². The van der Waals surface area contributed by atoms with E-state index in [0.717, 1.165) is 11.3 Å². The molecule has 0 saturated carbocycles. The molecule has 154 valence electrons. The van der Waals surface area contributed by atoms with Crippen LogP contribution in [0.2, 0.25) is 0 Å². The Morgan fingerprint density at radius 3 is 2.48 bits per heavy atom. The zero-order valence-corrected chi connectivity index (χ0v) is 17.4. The van der Waals surface area contributed by atoms with Gasteiger partial charge in [0.05, 0.1) is 4.90 Å². The van der Waals surface area contributed by atoms with Gasteiger partial charge < -0.3 is 9.47 Å². The Morgan fingerprint density at radius 2 is 1.76 bits per heavy atom. The van der Waals surface area contributed by atoms with Crippen LogP contribution < -0.4 is 9.46 Å². The Bertz CT molecular complexity index is 1030. The Kier molecular flexibility index (Phi) is 6.22. The highest BCUT2D eigenvalue weighted by molar-refractivity contribution is 7.90. The first-order chi connectivity index (χ1) is 13.8. The number of hydrogen-bond donors (Lipinski definition) is 1. The van der Waals surface area contributed by atoms with Gasteiger partial charge in [0.2, 0.25) is 0 Å². The van der Waals surface area contributed by atoms with E-state index in [9.17, 15) is 13.2 Å². The molecule has 0 saturated heterocycles. The molecule has 7 nitrogen and oxygen atoms in total. The van der Waals surface area contributed by atoms with Crippen molar-refractivity contribution in [3.8, 4) is 5.75 Å². The quantitative estimate of drug-likeness (QED) is 0.553. The molecule has 1 heterocycles. The maximum absolute atomic E-state index is 12.6. The molecule has 0 bridgehead atoms. The van der Waals surface area contributed by atoms with Crippen LogP contribution in [0.15, 0.2) is 58.4 Å². The van der Waals surface area contributed by atoms with Gasteiger partial charge >= 0.3 is 5.97 Å². The van der Waals surface area contributed by atoms with Gasteiger partial charge in [0.25, 0.3) is 10.0 Å². The van der Waals surface area contributed by atoms with Gasteiger partial charge in [-0.05, 0) is 36.6 Å². The zero-order valence-electron chi connectivity index (χ0n) is 16.6. The molecule has 0 aromatic heterocycles. The molecule has 29 heavy (non-hydrogen) atoms. The second kappa shape index (κ2) is 8.65. The fourth-order valence-electron chi connectivity index (χ4n) is 2.94. The first kappa shape index (κ1) is 20.9. The number of carbonyl (C=O) groups is 1. The average molecular weight is 416 g/mol. The fraction of sp³-hybridized carbons (Fsp3) is 0.333. The maximum atomic E-state index is 12.6. The van der Waals surface area contributed by atoms with Gasteiger partial charge in [0, 0.05) is 5.56 Å². The van der Waals surface area contributed by atoms with Gasteiger partial charge in [-0.1, -0.05) is 44.2 Å². The first-order valence-corrected chi connectivity index (χ1v) is 10.8.